The van der Waals surface area contributed by atoms with Gasteiger partial charge in [-0.25, -0.2) is 4.79 Å². The van der Waals surface area contributed by atoms with E-state index in [9.17, 15) is 4.79 Å². The molecule has 1 N–H and O–H groups in total. The highest BCUT2D eigenvalue weighted by Gasteiger charge is 2.01. The second kappa shape index (κ2) is 1.92. The Hall–Kier alpha value is -0.890. The molecule has 0 saturated heterocycles. The van der Waals surface area contributed by atoms with Crippen LogP contribution < -0.4 is 0 Å². The predicted molar refractivity (Wildman–Crippen MR) is 28.5 cm³/mol. The summed E-state index contributed by atoms with van der Waals surface area (Å²) in [6.45, 7) is 0. The zero-order valence-corrected chi connectivity index (χ0v) is 4.83. The third-order valence-electron chi connectivity index (χ3n) is 0.636. The van der Waals surface area contributed by atoms with Crippen LogP contribution in [0.25, 0.3) is 0 Å². The average molecular weight is 130 g/mol. The highest BCUT2D eigenvalue weighted by molar-refractivity contribution is 7.24. The zero-order valence-electron chi connectivity index (χ0n) is 3.83. The van der Waals surface area contributed by atoms with Gasteiger partial charge in [-0.1, -0.05) is 0 Å². The average Bonchev–Trinajstić information content (AvgIpc) is 2.12. The summed E-state index contributed by atoms with van der Waals surface area (Å²) in [5.74, 6) is 0.487. The summed E-state index contributed by atoms with van der Waals surface area (Å²) in [4.78, 5) is 13.4. The van der Waals surface area contributed by atoms with Crippen molar-refractivity contribution in [3.8, 4) is 0 Å². The maximum Gasteiger partial charge on any atom is 0.356 e. The minimum absolute atomic E-state index is 0.0586. The molecule has 0 aliphatic heterocycles. The molecule has 0 aliphatic carbocycles. The molecule has 0 aliphatic rings. The fourth-order valence-corrected chi connectivity index (χ4v) is 0.833. The van der Waals surface area contributed by atoms with Crippen LogP contribution in [-0.4, -0.2) is 21.0 Å². The first-order valence-electron chi connectivity index (χ1n) is 1.90. The predicted octanol–water partition coefficient (Wildman–Crippen LogP) is 0.206. The first kappa shape index (κ1) is 5.25. The molecular weight excluding hydrogens is 127 g/mol. The summed E-state index contributed by atoms with van der Waals surface area (Å²) < 4.78 is 0. The van der Waals surface area contributed by atoms with Gasteiger partial charge in [-0.05, 0) is 8.35 Å². The van der Waals surface area contributed by atoms with E-state index in [0.29, 0.717) is 0 Å². The molecule has 8 heavy (non-hydrogen) atoms. The highest BCUT2D eigenvalue weighted by Crippen LogP contribution is 2.00. The van der Waals surface area contributed by atoms with E-state index in [0.717, 1.165) is 0 Å². The Balaban J connectivity index is 2.93. The van der Waals surface area contributed by atoms with Crippen LogP contribution in [0.3, 0.4) is 0 Å². The van der Waals surface area contributed by atoms with Gasteiger partial charge in [-0.3, -0.25) is 0 Å². The molecule has 1 atom stereocenters. The molecule has 1 aromatic rings. The number of hydrogen-bond acceptors (Lipinski definition) is 3. The van der Waals surface area contributed by atoms with Gasteiger partial charge in [0.2, 0.25) is 0 Å². The van der Waals surface area contributed by atoms with Crippen LogP contribution in [0, 0.1) is 0 Å². The molecular formula is C3H3N2O2P. The van der Waals surface area contributed by atoms with Gasteiger partial charge in [0.15, 0.2) is 5.69 Å². The minimum atomic E-state index is -1.00. The van der Waals surface area contributed by atoms with Gasteiger partial charge in [0, 0.05) is 5.80 Å². The molecule has 1 rings (SSSR count). The molecule has 0 aromatic carbocycles. The van der Waals surface area contributed by atoms with Crippen molar-refractivity contribution in [2.24, 2.45) is 0 Å². The molecule has 1 unspecified atom stereocenters. The molecule has 42 valence electrons. The second-order valence-electron chi connectivity index (χ2n) is 1.16. The van der Waals surface area contributed by atoms with Crippen LogP contribution in [0.1, 0.15) is 10.5 Å². The van der Waals surface area contributed by atoms with Gasteiger partial charge in [-0.2, -0.15) is 0 Å². The van der Waals surface area contributed by atoms with Gasteiger partial charge in [-0.15, -0.1) is 9.96 Å². The second-order valence-corrected chi connectivity index (χ2v) is 1.91. The SMILES string of the molecule is O=C(O)c1c[pH]nn1. The van der Waals surface area contributed by atoms with Crippen LogP contribution >= 0.6 is 8.35 Å². The fraction of sp³-hybridized carbons (Fsp3) is 0. The third kappa shape index (κ3) is 0.845. The van der Waals surface area contributed by atoms with E-state index in [4.69, 9.17) is 5.11 Å². The van der Waals surface area contributed by atoms with Crippen molar-refractivity contribution in [1.29, 1.82) is 0 Å². The topological polar surface area (TPSA) is 63.1 Å². The summed E-state index contributed by atoms with van der Waals surface area (Å²) in [6.07, 6.45) is 0. The molecule has 1 heterocycles. The lowest BCUT2D eigenvalue weighted by Crippen LogP contribution is -1.95. The maximum atomic E-state index is 9.98. The van der Waals surface area contributed by atoms with Crippen LogP contribution in [0.4, 0.5) is 0 Å². The van der Waals surface area contributed by atoms with Crippen LogP contribution in [0.15, 0.2) is 5.80 Å². The molecule has 0 radical (unpaired) electrons. The Morgan fingerprint density at radius 1 is 1.88 bits per heavy atom. The monoisotopic (exact) mass is 130 g/mol. The maximum absolute atomic E-state index is 9.98. The van der Waals surface area contributed by atoms with Crippen LogP contribution in [0.2, 0.25) is 0 Å². The van der Waals surface area contributed by atoms with E-state index in [-0.39, 0.29) is 14.0 Å². The highest BCUT2D eigenvalue weighted by atomic mass is 31.0. The van der Waals surface area contributed by atoms with E-state index >= 15 is 0 Å². The van der Waals surface area contributed by atoms with Crippen molar-refractivity contribution in [3.05, 3.63) is 11.5 Å². The first-order valence-corrected chi connectivity index (χ1v) is 2.93. The summed E-state index contributed by atoms with van der Waals surface area (Å²) in [5.41, 5.74) is 0.0586. The molecule has 0 fully saturated rings. The molecule has 4 nitrogen and oxygen atoms in total. The van der Waals surface area contributed by atoms with E-state index in [1.54, 1.807) is 0 Å². The number of nitrogens with zero attached hydrogens (tertiary/aromatic N) is 2. The number of aromatic carboxylic acids is 1. The van der Waals surface area contributed by atoms with Gasteiger partial charge >= 0.3 is 5.97 Å². The van der Waals surface area contributed by atoms with Crippen molar-refractivity contribution in [1.82, 2.24) is 9.96 Å². The van der Waals surface area contributed by atoms with Crippen LogP contribution in [-0.2, 0) is 0 Å². The minimum Gasteiger partial charge on any atom is -0.476 e. The molecule has 5 heteroatoms. The number of aromatic nitrogens is 2. The summed E-state index contributed by atoms with van der Waals surface area (Å²) in [5, 5.41) is 11.5. The number of carboxylic acids is 1. The Kier molecular flexibility index (Phi) is 1.26. The third-order valence-corrected chi connectivity index (χ3v) is 1.25. The van der Waals surface area contributed by atoms with Crippen molar-refractivity contribution < 1.29 is 9.90 Å². The van der Waals surface area contributed by atoms with E-state index in [1.165, 1.54) is 5.80 Å². The lowest BCUT2D eigenvalue weighted by atomic mass is 10.5. The van der Waals surface area contributed by atoms with Gasteiger partial charge in [0.25, 0.3) is 0 Å². The summed E-state index contributed by atoms with van der Waals surface area (Å²) in [6, 6.07) is 0. The van der Waals surface area contributed by atoms with Gasteiger partial charge in [0.05, 0.1) is 0 Å². The first-order chi connectivity index (χ1) is 3.80. The molecule has 1 aromatic heterocycles. The van der Waals surface area contributed by atoms with Gasteiger partial charge in [0.1, 0.15) is 0 Å². The summed E-state index contributed by atoms with van der Waals surface area (Å²) in [7, 11) is 0.197. The molecule has 0 spiro atoms. The van der Waals surface area contributed by atoms with E-state index < -0.39 is 5.97 Å². The molecule has 0 saturated carbocycles. The van der Waals surface area contributed by atoms with E-state index in [2.05, 4.69) is 9.96 Å². The Morgan fingerprint density at radius 3 is 2.88 bits per heavy atom. The lowest BCUT2D eigenvalue weighted by molar-refractivity contribution is 0.0690. The Labute approximate surface area is 46.7 Å². The quantitative estimate of drug-likeness (QED) is 0.590. The number of carboxylic acid groups (broad SMARTS) is 1. The number of rotatable bonds is 1. The molecule has 0 bridgehead atoms. The largest absolute Gasteiger partial charge is 0.476 e. The van der Waals surface area contributed by atoms with Crippen molar-refractivity contribution in [2.45, 2.75) is 0 Å². The number of hydrogen-bond donors (Lipinski definition) is 1. The Morgan fingerprint density at radius 2 is 2.62 bits per heavy atom. The van der Waals surface area contributed by atoms with Gasteiger partial charge < -0.3 is 5.11 Å². The molecule has 0 amide bonds. The normalized spacial score (nSPS) is 10.0. The van der Waals surface area contributed by atoms with Crippen molar-refractivity contribution >= 4 is 14.3 Å². The summed E-state index contributed by atoms with van der Waals surface area (Å²) >= 11 is 0. The van der Waals surface area contributed by atoms with Crippen molar-refractivity contribution in [2.75, 3.05) is 0 Å². The lowest BCUT2D eigenvalue weighted by Gasteiger charge is -1.76. The Bertz CT molecular complexity index is 183. The fourth-order valence-electron chi connectivity index (χ4n) is 0.306. The zero-order chi connectivity index (χ0) is 5.98. The number of carbonyl (C=O) groups is 1. The standard InChI is InChI=1S/C3H3N2O2P/c6-3(7)2-1-8-5-4-2/h1,8H,(H,6,7). The van der Waals surface area contributed by atoms with Crippen molar-refractivity contribution in [3.63, 3.8) is 0 Å². The van der Waals surface area contributed by atoms with E-state index in [1.807, 2.05) is 0 Å². The van der Waals surface area contributed by atoms with Crippen LogP contribution in [0.5, 0.6) is 0 Å². The smallest absolute Gasteiger partial charge is 0.356 e.